The van der Waals surface area contributed by atoms with Gasteiger partial charge in [0.1, 0.15) is 19.0 Å². The number of quaternary nitrogens is 1. The summed E-state index contributed by atoms with van der Waals surface area (Å²) in [6.45, 7) is 1.76. The molecule has 0 aliphatic carbocycles. The lowest BCUT2D eigenvalue weighted by Gasteiger charge is -2.23. The number of H-pyrrole nitrogens is 1. The number of hydrogen-bond donors (Lipinski definition) is 2. The van der Waals surface area contributed by atoms with Gasteiger partial charge >= 0.3 is 0 Å². The van der Waals surface area contributed by atoms with Gasteiger partial charge in [0, 0.05) is 21.2 Å². The average Bonchev–Trinajstić information content (AvgIpc) is 3.24. The molecule has 0 bridgehead atoms. The largest absolute Gasteiger partial charge is 0.485 e. The summed E-state index contributed by atoms with van der Waals surface area (Å²) >= 11 is 12.3. The van der Waals surface area contributed by atoms with Gasteiger partial charge in [-0.05, 0) is 42.5 Å². The Morgan fingerprint density at radius 1 is 0.972 bits per heavy atom. The molecule has 1 heterocycles. The van der Waals surface area contributed by atoms with Gasteiger partial charge in [-0.15, -0.1) is 0 Å². The molecule has 2 N–H and O–H groups in total. The highest BCUT2D eigenvalue weighted by Crippen LogP contribution is 2.31. The van der Waals surface area contributed by atoms with E-state index < -0.39 is 0 Å². The van der Waals surface area contributed by atoms with Gasteiger partial charge < -0.3 is 24.3 Å². The van der Waals surface area contributed by atoms with Gasteiger partial charge in [-0.25, -0.2) is 4.98 Å². The molecule has 0 atom stereocenters. The lowest BCUT2D eigenvalue weighted by Crippen LogP contribution is -2.41. The van der Waals surface area contributed by atoms with Crippen LogP contribution in [0.25, 0.3) is 11.0 Å². The predicted octanol–water partition coefficient (Wildman–Crippen LogP) is 5.46. The Bertz CT molecular complexity index is 1330. The van der Waals surface area contributed by atoms with E-state index in [0.717, 1.165) is 27.6 Å². The second kappa shape index (κ2) is 11.2. The summed E-state index contributed by atoms with van der Waals surface area (Å²) in [5.74, 6) is 1.42. The van der Waals surface area contributed by atoms with Crippen LogP contribution in [0.3, 0.4) is 0 Å². The first kappa shape index (κ1) is 25.8. The normalized spacial score (nSPS) is 11.5. The second-order valence-electron chi connectivity index (χ2n) is 9.45. The predicted molar refractivity (Wildman–Crippen MR) is 143 cm³/mol. The summed E-state index contributed by atoms with van der Waals surface area (Å²) < 4.78 is 12.9. The summed E-state index contributed by atoms with van der Waals surface area (Å²) in [6, 6.07) is 18.1. The molecule has 0 aliphatic rings. The van der Waals surface area contributed by atoms with Crippen LogP contribution in [0.4, 0.5) is 0 Å². The number of nitrogens with zero attached hydrogens (tertiary/aromatic N) is 2. The molecule has 0 aliphatic heterocycles. The number of aromatic amines is 1. The van der Waals surface area contributed by atoms with E-state index >= 15 is 0 Å². The van der Waals surface area contributed by atoms with Crippen molar-refractivity contribution >= 4 is 40.1 Å². The fourth-order valence-electron chi connectivity index (χ4n) is 3.50. The van der Waals surface area contributed by atoms with Gasteiger partial charge in [-0.2, -0.15) is 0 Å². The lowest BCUT2D eigenvalue weighted by molar-refractivity contribution is -0.869. The summed E-state index contributed by atoms with van der Waals surface area (Å²) in [6.07, 6.45) is 0. The zero-order valence-corrected chi connectivity index (χ0v) is 22.0. The Morgan fingerprint density at radius 3 is 2.50 bits per heavy atom. The van der Waals surface area contributed by atoms with Crippen LogP contribution in [0.5, 0.6) is 11.5 Å². The van der Waals surface area contributed by atoms with Crippen LogP contribution in [-0.2, 0) is 13.2 Å². The minimum absolute atomic E-state index is 0.179. The number of nitrogens with one attached hydrogen (secondary N) is 2. The first-order chi connectivity index (χ1) is 17.2. The van der Waals surface area contributed by atoms with E-state index in [-0.39, 0.29) is 19.1 Å². The average molecular weight is 528 g/mol. The third kappa shape index (κ3) is 6.91. The van der Waals surface area contributed by atoms with E-state index in [1.807, 2.05) is 24.3 Å². The number of likely N-dealkylation sites (N-methyl/N-ethyl adjacent to an activating group) is 1. The number of hydrogen-bond acceptors (Lipinski definition) is 4. The first-order valence-electron chi connectivity index (χ1n) is 11.5. The van der Waals surface area contributed by atoms with Crippen LogP contribution in [0.15, 0.2) is 60.7 Å². The van der Waals surface area contributed by atoms with Crippen LogP contribution in [-0.4, -0.2) is 54.6 Å². The zero-order chi connectivity index (χ0) is 25.7. The van der Waals surface area contributed by atoms with Crippen molar-refractivity contribution in [2.24, 2.45) is 0 Å². The molecule has 1 amide bonds. The van der Waals surface area contributed by atoms with Gasteiger partial charge in [-0.3, -0.25) is 4.79 Å². The molecule has 4 aromatic rings. The Balaban J connectivity index is 1.52. The Morgan fingerprint density at radius 2 is 1.75 bits per heavy atom. The quantitative estimate of drug-likeness (QED) is 0.268. The number of rotatable bonds is 10. The topological polar surface area (TPSA) is 76.2 Å². The van der Waals surface area contributed by atoms with E-state index in [4.69, 9.17) is 32.7 Å². The molecule has 0 spiro atoms. The van der Waals surface area contributed by atoms with Crippen LogP contribution in [0.1, 0.15) is 21.7 Å². The summed E-state index contributed by atoms with van der Waals surface area (Å²) in [7, 11) is 6.23. The Labute approximate surface area is 220 Å². The van der Waals surface area contributed by atoms with E-state index in [0.29, 0.717) is 39.5 Å². The van der Waals surface area contributed by atoms with Crippen molar-refractivity contribution < 1.29 is 18.8 Å². The van der Waals surface area contributed by atoms with Crippen molar-refractivity contribution in [3.8, 4) is 11.5 Å². The third-order valence-corrected chi connectivity index (χ3v) is 6.06. The van der Waals surface area contributed by atoms with Crippen molar-refractivity contribution in [1.82, 2.24) is 15.3 Å². The minimum atomic E-state index is -0.179. The number of para-hydroxylation sites is 2. The maximum absolute atomic E-state index is 12.8. The van der Waals surface area contributed by atoms with Gasteiger partial charge in [-0.1, -0.05) is 41.4 Å². The molecule has 4 rings (SSSR count). The number of benzene rings is 3. The monoisotopic (exact) mass is 527 g/mol. The fraction of sp³-hybridized carbons (Fsp3) is 0.259. The molecule has 9 heteroatoms. The molecule has 1 aromatic heterocycles. The smallest absolute Gasteiger partial charge is 0.251 e. The molecule has 0 fully saturated rings. The highest BCUT2D eigenvalue weighted by molar-refractivity contribution is 6.35. The summed E-state index contributed by atoms with van der Waals surface area (Å²) in [5.41, 5.74) is 3.04. The number of carbonyl (C=O) groups excluding carboxylic acids is 1. The van der Waals surface area contributed by atoms with Gasteiger partial charge in [0.15, 0.2) is 11.5 Å². The van der Waals surface area contributed by atoms with Crippen molar-refractivity contribution in [3.63, 3.8) is 0 Å². The molecule has 0 saturated heterocycles. The fourth-order valence-corrected chi connectivity index (χ4v) is 3.97. The summed E-state index contributed by atoms with van der Waals surface area (Å²) in [5, 5.41) is 4.01. The van der Waals surface area contributed by atoms with Crippen LogP contribution >= 0.6 is 23.2 Å². The number of aromatic nitrogens is 2. The first-order valence-corrected chi connectivity index (χ1v) is 12.3. The van der Waals surface area contributed by atoms with Crippen LogP contribution < -0.4 is 14.8 Å². The number of halogens is 2. The molecule has 0 saturated carbocycles. The van der Waals surface area contributed by atoms with Gasteiger partial charge in [0.25, 0.3) is 5.91 Å². The number of amides is 1. The highest BCUT2D eigenvalue weighted by Gasteiger charge is 2.15. The highest BCUT2D eigenvalue weighted by atomic mass is 35.5. The van der Waals surface area contributed by atoms with E-state index in [9.17, 15) is 4.79 Å². The van der Waals surface area contributed by atoms with Crippen molar-refractivity contribution in [1.29, 1.82) is 0 Å². The molecular weight excluding hydrogens is 499 g/mol. The minimum Gasteiger partial charge on any atom is -0.485 e. The van der Waals surface area contributed by atoms with E-state index in [1.165, 1.54) is 0 Å². The lowest BCUT2D eigenvalue weighted by atomic mass is 10.2. The summed E-state index contributed by atoms with van der Waals surface area (Å²) in [4.78, 5) is 20.6. The maximum atomic E-state index is 12.8. The van der Waals surface area contributed by atoms with E-state index in [2.05, 4.69) is 36.4 Å². The van der Waals surface area contributed by atoms with Gasteiger partial charge in [0.2, 0.25) is 0 Å². The Kier molecular flexibility index (Phi) is 8.04. The molecule has 188 valence electrons. The standard InChI is InChI=1S/C27H28Cl2N4O3/c1-33(2,3)13-12-30-27(34)18-9-11-24(36-17-26-31-22-6-4-5-7-23(22)32-26)25(14-18)35-16-19-8-10-20(28)15-21(19)29/h4-11,14-15H,12-13,16-17H2,1-3H3,(H-,30,31,32,34)/p+1. The van der Waals surface area contributed by atoms with Crippen molar-refractivity contribution in [3.05, 3.63) is 87.7 Å². The number of imidazole rings is 1. The molecular formula is C27H29Cl2N4O3+. The number of ether oxygens (including phenoxy) is 2. The number of carbonyl (C=O) groups is 1. The zero-order valence-electron chi connectivity index (χ0n) is 20.5. The SMILES string of the molecule is C[N+](C)(C)CCNC(=O)c1ccc(OCc2nc3ccccc3[nH]2)c(OCc2ccc(Cl)cc2Cl)c1. The molecule has 36 heavy (non-hydrogen) atoms. The van der Waals surface area contributed by atoms with Crippen LogP contribution in [0, 0.1) is 0 Å². The molecule has 7 nitrogen and oxygen atoms in total. The molecule has 0 unspecified atom stereocenters. The van der Waals surface area contributed by atoms with E-state index in [1.54, 1.807) is 36.4 Å². The van der Waals surface area contributed by atoms with Crippen LogP contribution in [0.2, 0.25) is 10.0 Å². The third-order valence-electron chi connectivity index (χ3n) is 5.48. The Hall–Kier alpha value is -3.26. The van der Waals surface area contributed by atoms with Gasteiger partial charge in [0.05, 0.1) is 45.3 Å². The van der Waals surface area contributed by atoms with Crippen molar-refractivity contribution in [2.45, 2.75) is 13.2 Å². The van der Waals surface area contributed by atoms with Crippen molar-refractivity contribution in [2.75, 3.05) is 34.2 Å². The molecule has 3 aromatic carbocycles. The number of fused-ring (bicyclic) bond motifs is 1. The maximum Gasteiger partial charge on any atom is 0.251 e. The molecule has 0 radical (unpaired) electrons. The second-order valence-corrected chi connectivity index (χ2v) is 10.3.